The Morgan fingerprint density at radius 1 is 1.38 bits per heavy atom. The summed E-state index contributed by atoms with van der Waals surface area (Å²) in [6.45, 7) is 0. The fraction of sp³-hybridized carbons (Fsp3) is 0.333. The van der Waals surface area contributed by atoms with E-state index in [4.69, 9.17) is 0 Å². The van der Waals surface area contributed by atoms with Crippen molar-refractivity contribution in [1.82, 2.24) is 9.55 Å². The van der Waals surface area contributed by atoms with Crippen LogP contribution >= 0.6 is 0 Å². The molecule has 0 saturated heterocycles. The molecular formula is C15H14F2N2O2. The van der Waals surface area contributed by atoms with Gasteiger partial charge in [0.2, 0.25) is 0 Å². The molecule has 110 valence electrons. The van der Waals surface area contributed by atoms with Crippen LogP contribution in [0.25, 0.3) is 11.4 Å². The van der Waals surface area contributed by atoms with Crippen molar-refractivity contribution in [3.8, 4) is 11.4 Å². The number of rotatable bonds is 2. The maximum Gasteiger partial charge on any atom is 0.312 e. The highest BCUT2D eigenvalue weighted by Crippen LogP contribution is 2.34. The van der Waals surface area contributed by atoms with Crippen molar-refractivity contribution in [2.75, 3.05) is 0 Å². The van der Waals surface area contributed by atoms with Gasteiger partial charge in [0.15, 0.2) is 11.6 Å². The quantitative estimate of drug-likeness (QED) is 0.926. The van der Waals surface area contributed by atoms with Gasteiger partial charge in [0.05, 0.1) is 5.69 Å². The van der Waals surface area contributed by atoms with Crippen LogP contribution in [0.4, 0.5) is 8.78 Å². The number of carboxylic acid groups (broad SMARTS) is 1. The Labute approximate surface area is 120 Å². The SMILES string of the molecule is Cn1c(-c2ccc(F)c(F)c2)nc2c1CCCC2C(=O)O. The minimum absolute atomic E-state index is 0.440. The van der Waals surface area contributed by atoms with Gasteiger partial charge in [-0.1, -0.05) is 0 Å². The maximum absolute atomic E-state index is 13.4. The molecule has 0 saturated carbocycles. The minimum Gasteiger partial charge on any atom is -0.481 e. The second-order valence-corrected chi connectivity index (χ2v) is 5.24. The predicted molar refractivity (Wildman–Crippen MR) is 71.9 cm³/mol. The molecule has 3 rings (SSSR count). The van der Waals surface area contributed by atoms with Gasteiger partial charge >= 0.3 is 5.97 Å². The molecule has 0 fully saturated rings. The molecule has 1 aromatic carbocycles. The Kier molecular flexibility index (Phi) is 3.23. The van der Waals surface area contributed by atoms with Gasteiger partial charge in [-0.2, -0.15) is 0 Å². The van der Waals surface area contributed by atoms with Crippen molar-refractivity contribution >= 4 is 5.97 Å². The smallest absolute Gasteiger partial charge is 0.312 e. The highest BCUT2D eigenvalue weighted by molar-refractivity contribution is 5.76. The molecule has 0 aliphatic heterocycles. The van der Waals surface area contributed by atoms with Crippen LogP contribution in [0.15, 0.2) is 18.2 Å². The van der Waals surface area contributed by atoms with Gasteiger partial charge in [-0.3, -0.25) is 4.79 Å². The molecule has 4 nitrogen and oxygen atoms in total. The third-order valence-electron chi connectivity index (χ3n) is 3.96. The fourth-order valence-electron chi connectivity index (χ4n) is 2.87. The number of halogens is 2. The molecular weight excluding hydrogens is 278 g/mol. The second kappa shape index (κ2) is 4.95. The zero-order valence-corrected chi connectivity index (χ0v) is 11.4. The Morgan fingerprint density at radius 3 is 2.81 bits per heavy atom. The molecule has 1 N–H and O–H groups in total. The standard InChI is InChI=1S/C15H14F2N2O2/c1-19-12-4-2-3-9(15(20)21)13(12)18-14(19)8-5-6-10(16)11(17)7-8/h5-7,9H,2-4H2,1H3,(H,20,21). The summed E-state index contributed by atoms with van der Waals surface area (Å²) < 4.78 is 28.2. The average molecular weight is 292 g/mol. The zero-order valence-electron chi connectivity index (χ0n) is 11.4. The van der Waals surface area contributed by atoms with E-state index in [2.05, 4.69) is 4.98 Å². The molecule has 6 heteroatoms. The third kappa shape index (κ3) is 2.20. The second-order valence-electron chi connectivity index (χ2n) is 5.24. The molecule has 1 aromatic heterocycles. The van der Waals surface area contributed by atoms with Crippen LogP contribution in [-0.2, 0) is 18.3 Å². The van der Waals surface area contributed by atoms with E-state index < -0.39 is 23.5 Å². The number of aliphatic carboxylic acids is 1. The summed E-state index contributed by atoms with van der Waals surface area (Å²) in [6, 6.07) is 3.58. The van der Waals surface area contributed by atoms with E-state index in [9.17, 15) is 18.7 Å². The van der Waals surface area contributed by atoms with Crippen molar-refractivity contribution in [3.05, 3.63) is 41.2 Å². The lowest BCUT2D eigenvalue weighted by molar-refractivity contribution is -0.139. The lowest BCUT2D eigenvalue weighted by atomic mass is 9.90. The van der Waals surface area contributed by atoms with Crippen molar-refractivity contribution < 1.29 is 18.7 Å². The number of imidazole rings is 1. The number of carboxylic acids is 1. The molecule has 0 spiro atoms. The van der Waals surface area contributed by atoms with Crippen LogP contribution in [-0.4, -0.2) is 20.6 Å². The minimum atomic E-state index is -0.941. The number of hydrogen-bond acceptors (Lipinski definition) is 2. The summed E-state index contributed by atoms with van der Waals surface area (Å²) in [5.74, 6) is -2.92. The van der Waals surface area contributed by atoms with Gasteiger partial charge in [0.1, 0.15) is 11.7 Å². The first-order valence-electron chi connectivity index (χ1n) is 6.72. The Bertz CT molecular complexity index is 725. The molecule has 1 atom stereocenters. The molecule has 0 bridgehead atoms. The lowest BCUT2D eigenvalue weighted by Crippen LogP contribution is -2.18. The number of benzene rings is 1. The van der Waals surface area contributed by atoms with Gasteiger partial charge in [-0.05, 0) is 37.5 Å². The van der Waals surface area contributed by atoms with Crippen LogP contribution < -0.4 is 0 Å². The van der Waals surface area contributed by atoms with Gasteiger partial charge in [-0.15, -0.1) is 0 Å². The summed E-state index contributed by atoms with van der Waals surface area (Å²) in [7, 11) is 1.77. The van der Waals surface area contributed by atoms with Crippen LogP contribution in [0, 0.1) is 11.6 Å². The Balaban J connectivity index is 2.13. The topological polar surface area (TPSA) is 55.1 Å². The van der Waals surface area contributed by atoms with Gasteiger partial charge in [0, 0.05) is 18.3 Å². The molecule has 21 heavy (non-hydrogen) atoms. The number of hydrogen-bond donors (Lipinski definition) is 1. The van der Waals surface area contributed by atoms with Crippen LogP contribution in [0.5, 0.6) is 0 Å². The third-order valence-corrected chi connectivity index (χ3v) is 3.96. The van der Waals surface area contributed by atoms with E-state index in [-0.39, 0.29) is 0 Å². The molecule has 0 radical (unpaired) electrons. The first-order chi connectivity index (χ1) is 9.99. The maximum atomic E-state index is 13.4. The fourth-order valence-corrected chi connectivity index (χ4v) is 2.87. The lowest BCUT2D eigenvalue weighted by Gasteiger charge is -2.18. The number of fused-ring (bicyclic) bond motifs is 1. The van der Waals surface area contributed by atoms with E-state index in [0.717, 1.165) is 30.7 Å². The van der Waals surface area contributed by atoms with Gasteiger partial charge in [0.25, 0.3) is 0 Å². The first-order valence-corrected chi connectivity index (χ1v) is 6.72. The van der Waals surface area contributed by atoms with Crippen LogP contribution in [0.3, 0.4) is 0 Å². The predicted octanol–water partition coefficient (Wildman–Crippen LogP) is 2.87. The summed E-state index contributed by atoms with van der Waals surface area (Å²) in [5, 5.41) is 9.28. The molecule has 1 heterocycles. The first kappa shape index (κ1) is 13.7. The average Bonchev–Trinajstić information content (AvgIpc) is 2.79. The molecule has 0 amide bonds. The summed E-state index contributed by atoms with van der Waals surface area (Å²) >= 11 is 0. The van der Waals surface area contributed by atoms with Gasteiger partial charge < -0.3 is 9.67 Å². The van der Waals surface area contributed by atoms with E-state index in [1.807, 2.05) is 0 Å². The van der Waals surface area contributed by atoms with Crippen molar-refractivity contribution in [2.24, 2.45) is 7.05 Å². The Morgan fingerprint density at radius 2 is 2.14 bits per heavy atom. The van der Waals surface area contributed by atoms with Gasteiger partial charge in [-0.25, -0.2) is 13.8 Å². The summed E-state index contributed by atoms with van der Waals surface area (Å²) in [6.07, 6.45) is 2.07. The van der Waals surface area contributed by atoms with E-state index in [0.29, 0.717) is 23.5 Å². The Hall–Kier alpha value is -2.24. The van der Waals surface area contributed by atoms with Crippen LogP contribution in [0.2, 0.25) is 0 Å². The highest BCUT2D eigenvalue weighted by Gasteiger charge is 2.31. The van der Waals surface area contributed by atoms with E-state index in [1.165, 1.54) is 6.07 Å². The number of carbonyl (C=O) groups is 1. The number of aromatic nitrogens is 2. The van der Waals surface area contributed by atoms with Crippen molar-refractivity contribution in [1.29, 1.82) is 0 Å². The highest BCUT2D eigenvalue weighted by atomic mass is 19.2. The largest absolute Gasteiger partial charge is 0.481 e. The number of nitrogens with zero attached hydrogens (tertiary/aromatic N) is 2. The monoisotopic (exact) mass is 292 g/mol. The summed E-state index contributed by atoms with van der Waals surface area (Å²) in [5.41, 5.74) is 1.83. The van der Waals surface area contributed by atoms with E-state index in [1.54, 1.807) is 11.6 Å². The van der Waals surface area contributed by atoms with E-state index >= 15 is 0 Å². The van der Waals surface area contributed by atoms with Crippen molar-refractivity contribution in [2.45, 2.75) is 25.2 Å². The normalized spacial score (nSPS) is 17.6. The van der Waals surface area contributed by atoms with Crippen LogP contribution in [0.1, 0.15) is 30.1 Å². The molecule has 1 unspecified atom stereocenters. The molecule has 1 aliphatic carbocycles. The molecule has 2 aromatic rings. The summed E-state index contributed by atoms with van der Waals surface area (Å²) in [4.78, 5) is 15.7. The zero-order chi connectivity index (χ0) is 15.1. The molecule has 1 aliphatic rings. The van der Waals surface area contributed by atoms with Crippen molar-refractivity contribution in [3.63, 3.8) is 0 Å².